The number of primary sulfonamides is 1. The minimum atomic E-state index is -3.86. The summed E-state index contributed by atoms with van der Waals surface area (Å²) >= 11 is 0. The molecule has 10 heteroatoms. The monoisotopic (exact) mass is 440 g/mol. The van der Waals surface area contributed by atoms with Crippen molar-refractivity contribution in [1.29, 1.82) is 0 Å². The number of para-hydroxylation sites is 1. The summed E-state index contributed by atoms with van der Waals surface area (Å²) in [5, 5.41) is 5.92. The first-order chi connectivity index (χ1) is 14.7. The fourth-order valence-corrected chi connectivity index (χ4v) is 3.94. The second-order valence-electron chi connectivity index (χ2n) is 7.25. The summed E-state index contributed by atoms with van der Waals surface area (Å²) in [6.45, 7) is 1.51. The van der Waals surface area contributed by atoms with Gasteiger partial charge >= 0.3 is 0 Å². The van der Waals surface area contributed by atoms with Crippen molar-refractivity contribution in [2.45, 2.75) is 24.4 Å². The van der Waals surface area contributed by atoms with Gasteiger partial charge in [-0.25, -0.2) is 18.5 Å². The van der Waals surface area contributed by atoms with Gasteiger partial charge < -0.3 is 9.32 Å². The third-order valence-corrected chi connectivity index (χ3v) is 6.21. The number of fused-ring (bicyclic) bond motifs is 3. The van der Waals surface area contributed by atoms with Gasteiger partial charge in [0.05, 0.1) is 17.3 Å². The van der Waals surface area contributed by atoms with Crippen molar-refractivity contribution in [3.63, 3.8) is 0 Å². The molecular weight excluding hydrogens is 420 g/mol. The summed E-state index contributed by atoms with van der Waals surface area (Å²) in [4.78, 5) is 31.4. The third-order valence-electron chi connectivity index (χ3n) is 5.30. The van der Waals surface area contributed by atoms with Crippen molar-refractivity contribution < 1.29 is 17.6 Å². The van der Waals surface area contributed by atoms with Gasteiger partial charge in [-0.1, -0.05) is 24.3 Å². The summed E-state index contributed by atoms with van der Waals surface area (Å²) in [6, 6.07) is 12.8. The quantitative estimate of drug-likeness (QED) is 0.505. The Morgan fingerprint density at radius 3 is 2.71 bits per heavy atom. The van der Waals surface area contributed by atoms with E-state index in [-0.39, 0.29) is 22.9 Å². The molecule has 2 aromatic heterocycles. The molecule has 0 aliphatic heterocycles. The molecule has 0 radical (unpaired) electrons. The predicted octanol–water partition coefficient (Wildman–Crippen LogP) is 2.01. The first-order valence-corrected chi connectivity index (χ1v) is 11.0. The molecule has 0 aliphatic carbocycles. The number of carbonyl (C=O) groups is 1. The molecular formula is C21H20N4O5S. The summed E-state index contributed by atoms with van der Waals surface area (Å²) in [6.07, 6.45) is 1.32. The zero-order valence-corrected chi connectivity index (χ0v) is 17.7. The molecule has 0 saturated carbocycles. The van der Waals surface area contributed by atoms with Crippen LogP contribution in [0.1, 0.15) is 18.5 Å². The van der Waals surface area contributed by atoms with Crippen LogP contribution in [-0.2, 0) is 21.4 Å². The van der Waals surface area contributed by atoms with Crippen LogP contribution in [0.15, 0.2) is 69.0 Å². The molecule has 0 spiro atoms. The molecule has 0 saturated heterocycles. The molecule has 0 bridgehead atoms. The fourth-order valence-electron chi connectivity index (χ4n) is 3.38. The molecule has 2 heterocycles. The maximum atomic E-state index is 12.8. The maximum absolute atomic E-state index is 12.8. The minimum absolute atomic E-state index is 0.0338. The smallest absolute Gasteiger partial charge is 0.297 e. The normalized spacial score (nSPS) is 12.9. The Morgan fingerprint density at radius 1 is 1.23 bits per heavy atom. The number of furan rings is 1. The molecule has 2 N–H and O–H groups in total. The highest BCUT2D eigenvalue weighted by molar-refractivity contribution is 7.89. The van der Waals surface area contributed by atoms with Crippen molar-refractivity contribution in [1.82, 2.24) is 14.5 Å². The van der Waals surface area contributed by atoms with E-state index in [4.69, 9.17) is 9.56 Å². The molecule has 1 amide bonds. The molecule has 0 aliphatic rings. The third kappa shape index (κ3) is 3.82. The summed E-state index contributed by atoms with van der Waals surface area (Å²) in [7, 11) is -2.28. The Hall–Kier alpha value is -3.50. The van der Waals surface area contributed by atoms with E-state index in [1.807, 2.05) is 12.1 Å². The van der Waals surface area contributed by atoms with Gasteiger partial charge in [0.1, 0.15) is 17.6 Å². The summed E-state index contributed by atoms with van der Waals surface area (Å²) in [5.74, 6) is -0.354. The predicted molar refractivity (Wildman–Crippen MR) is 115 cm³/mol. The number of hydrogen-bond acceptors (Lipinski definition) is 6. The average molecular weight is 440 g/mol. The molecule has 9 nitrogen and oxygen atoms in total. The number of rotatable bonds is 5. The Balaban J connectivity index is 1.60. The maximum Gasteiger partial charge on any atom is 0.297 e. The van der Waals surface area contributed by atoms with E-state index in [9.17, 15) is 18.0 Å². The van der Waals surface area contributed by atoms with Gasteiger partial charge in [-0.15, -0.1) is 0 Å². The lowest BCUT2D eigenvalue weighted by Gasteiger charge is -2.26. The van der Waals surface area contributed by atoms with Crippen molar-refractivity contribution in [2.24, 2.45) is 5.14 Å². The number of hydrogen-bond donors (Lipinski definition) is 1. The highest BCUT2D eigenvalue weighted by Crippen LogP contribution is 2.24. The first kappa shape index (κ1) is 20.8. The Morgan fingerprint density at radius 2 is 1.97 bits per heavy atom. The van der Waals surface area contributed by atoms with Crippen molar-refractivity contribution >= 4 is 38.0 Å². The molecule has 1 atom stereocenters. The number of benzene rings is 2. The van der Waals surface area contributed by atoms with Crippen LogP contribution in [0.3, 0.4) is 0 Å². The fraction of sp³-hybridized carbons (Fsp3) is 0.190. The van der Waals surface area contributed by atoms with Gasteiger partial charge in [0, 0.05) is 12.4 Å². The SMILES string of the molecule is CC(c1cccc(S(N)(=O)=O)c1)N(C)C(=O)Cn1cnc2c(oc3ccccc32)c1=O. The van der Waals surface area contributed by atoms with E-state index < -0.39 is 21.6 Å². The van der Waals surface area contributed by atoms with Gasteiger partial charge in [0.15, 0.2) is 0 Å². The molecule has 160 valence electrons. The summed E-state index contributed by atoms with van der Waals surface area (Å²) < 4.78 is 30.0. The number of aromatic nitrogens is 2. The highest BCUT2D eigenvalue weighted by atomic mass is 32.2. The highest BCUT2D eigenvalue weighted by Gasteiger charge is 2.21. The molecule has 1 unspecified atom stereocenters. The lowest BCUT2D eigenvalue weighted by Crippen LogP contribution is -2.35. The minimum Gasteiger partial charge on any atom is -0.448 e. The molecule has 2 aromatic carbocycles. The number of likely N-dealkylation sites (N-methyl/N-ethyl adjacent to an activating group) is 1. The number of nitrogens with two attached hydrogens (primary N) is 1. The van der Waals surface area contributed by atoms with E-state index in [0.717, 1.165) is 5.39 Å². The number of nitrogens with zero attached hydrogens (tertiary/aromatic N) is 3. The van der Waals surface area contributed by atoms with Crippen molar-refractivity contribution in [3.05, 3.63) is 70.8 Å². The van der Waals surface area contributed by atoms with Crippen LogP contribution in [0, 0.1) is 0 Å². The van der Waals surface area contributed by atoms with Crippen LogP contribution in [0.25, 0.3) is 22.1 Å². The van der Waals surface area contributed by atoms with Gasteiger partial charge in [-0.2, -0.15) is 0 Å². The molecule has 4 aromatic rings. The lowest BCUT2D eigenvalue weighted by atomic mass is 10.1. The molecule has 0 fully saturated rings. The van der Waals surface area contributed by atoms with Crippen LogP contribution in [0.5, 0.6) is 0 Å². The topological polar surface area (TPSA) is 128 Å². The van der Waals surface area contributed by atoms with Gasteiger partial charge in [0.25, 0.3) is 5.56 Å². The summed E-state index contributed by atoms with van der Waals surface area (Å²) in [5.41, 5.74) is 1.23. The number of carbonyl (C=O) groups excluding carboxylic acids is 1. The largest absolute Gasteiger partial charge is 0.448 e. The Kier molecular flexibility index (Phi) is 5.11. The van der Waals surface area contributed by atoms with E-state index in [1.165, 1.54) is 27.9 Å². The van der Waals surface area contributed by atoms with E-state index >= 15 is 0 Å². The van der Waals surface area contributed by atoms with Gasteiger partial charge in [0.2, 0.25) is 21.5 Å². The van der Waals surface area contributed by atoms with Crippen molar-refractivity contribution in [3.8, 4) is 0 Å². The lowest BCUT2D eigenvalue weighted by molar-refractivity contribution is -0.132. The number of amides is 1. The standard InChI is InChI=1S/C21H20N4O5S/c1-13(14-6-5-7-15(10-14)31(22,28)29)24(2)18(26)11-25-12-23-19-16-8-3-4-9-17(16)30-20(19)21(25)27/h3-10,12-13H,11H2,1-2H3,(H2,22,28,29). The second kappa shape index (κ2) is 7.64. The molecule has 31 heavy (non-hydrogen) atoms. The van der Waals surface area contributed by atoms with E-state index in [0.29, 0.717) is 16.7 Å². The zero-order chi connectivity index (χ0) is 22.3. The van der Waals surface area contributed by atoms with Crippen LogP contribution in [0.2, 0.25) is 0 Å². The van der Waals surface area contributed by atoms with E-state index in [1.54, 1.807) is 38.2 Å². The second-order valence-corrected chi connectivity index (χ2v) is 8.81. The Bertz CT molecular complexity index is 1470. The van der Waals surface area contributed by atoms with Gasteiger partial charge in [-0.3, -0.25) is 14.2 Å². The van der Waals surface area contributed by atoms with Crippen LogP contribution >= 0.6 is 0 Å². The number of sulfonamides is 1. The van der Waals surface area contributed by atoms with E-state index in [2.05, 4.69) is 4.98 Å². The molecule has 4 rings (SSSR count). The van der Waals surface area contributed by atoms with Crippen LogP contribution in [-0.4, -0.2) is 35.8 Å². The average Bonchev–Trinajstić information content (AvgIpc) is 3.13. The van der Waals surface area contributed by atoms with Crippen molar-refractivity contribution in [2.75, 3.05) is 7.05 Å². The first-order valence-electron chi connectivity index (χ1n) is 9.42. The zero-order valence-electron chi connectivity index (χ0n) is 16.8. The Labute approximate surface area is 177 Å². The van der Waals surface area contributed by atoms with Crippen LogP contribution < -0.4 is 10.7 Å². The van der Waals surface area contributed by atoms with Crippen LogP contribution in [0.4, 0.5) is 0 Å². The van der Waals surface area contributed by atoms with Gasteiger partial charge in [-0.05, 0) is 36.8 Å².